The van der Waals surface area contributed by atoms with Crippen LogP contribution in [-0.2, 0) is 4.79 Å². The van der Waals surface area contributed by atoms with E-state index < -0.39 is 5.92 Å². The minimum absolute atomic E-state index is 0.269. The Labute approximate surface area is 99.3 Å². The molecule has 1 unspecified atom stereocenters. The number of nitriles is 1. The number of nitrogens with zero attached hydrogens (tertiary/aromatic N) is 2. The van der Waals surface area contributed by atoms with Crippen molar-refractivity contribution >= 4 is 22.4 Å². The van der Waals surface area contributed by atoms with Gasteiger partial charge in [0.05, 0.1) is 11.8 Å². The molecule has 0 saturated heterocycles. The number of aromatic nitrogens is 1. The average molecular weight is 237 g/mol. The molecule has 16 heavy (non-hydrogen) atoms. The Hall–Kier alpha value is -1.41. The zero-order chi connectivity index (χ0) is 12.1. The van der Waals surface area contributed by atoms with E-state index in [4.69, 9.17) is 5.26 Å². The summed E-state index contributed by atoms with van der Waals surface area (Å²) >= 11 is 1.39. The molecule has 0 aliphatic carbocycles. The van der Waals surface area contributed by atoms with Gasteiger partial charge in [0, 0.05) is 5.38 Å². The number of hydrogen-bond donors (Lipinski definition) is 1. The Bertz CT molecular complexity index is 406. The lowest BCUT2D eigenvalue weighted by atomic mass is 10.1. The molecular formula is C11H15N3OS. The zero-order valence-corrected chi connectivity index (χ0v) is 10.5. The summed E-state index contributed by atoms with van der Waals surface area (Å²) in [5.74, 6) is -0.513. The molecule has 1 heterocycles. The predicted molar refractivity (Wildman–Crippen MR) is 64.2 cm³/mol. The first kappa shape index (κ1) is 12.7. The molecule has 0 aromatic carbocycles. The Morgan fingerprint density at radius 3 is 2.81 bits per heavy atom. The Morgan fingerprint density at radius 2 is 2.38 bits per heavy atom. The summed E-state index contributed by atoms with van der Waals surface area (Å²) in [7, 11) is 0. The molecule has 1 aromatic heterocycles. The van der Waals surface area contributed by atoms with Gasteiger partial charge in [0.1, 0.15) is 5.92 Å². The van der Waals surface area contributed by atoms with Crippen molar-refractivity contribution < 1.29 is 4.79 Å². The first-order chi connectivity index (χ1) is 7.58. The molecule has 1 aromatic rings. The van der Waals surface area contributed by atoms with Crippen LogP contribution in [-0.4, -0.2) is 10.9 Å². The minimum atomic E-state index is -0.591. The fourth-order valence-electron chi connectivity index (χ4n) is 1.14. The standard InChI is InChI=1S/C11H15N3OS/c1-4-8(5-12)10(15)14-11-13-9(6-16-11)7(2)3/h6-8H,4H2,1-3H3,(H,13,14,15). The monoisotopic (exact) mass is 237 g/mol. The summed E-state index contributed by atoms with van der Waals surface area (Å²) in [5, 5.41) is 13.9. The highest BCUT2D eigenvalue weighted by Gasteiger charge is 2.17. The molecule has 1 amide bonds. The summed E-state index contributed by atoms with van der Waals surface area (Å²) in [4.78, 5) is 15.9. The molecule has 0 aliphatic rings. The molecule has 1 rings (SSSR count). The van der Waals surface area contributed by atoms with Gasteiger partial charge in [0.2, 0.25) is 5.91 Å². The number of hydrogen-bond acceptors (Lipinski definition) is 4. The van der Waals surface area contributed by atoms with Crippen molar-refractivity contribution in [3.8, 4) is 6.07 Å². The molecule has 0 radical (unpaired) electrons. The van der Waals surface area contributed by atoms with Crippen LogP contribution in [0.5, 0.6) is 0 Å². The van der Waals surface area contributed by atoms with E-state index in [1.54, 1.807) is 0 Å². The molecule has 5 heteroatoms. The fourth-order valence-corrected chi connectivity index (χ4v) is 2.01. The highest BCUT2D eigenvalue weighted by atomic mass is 32.1. The second-order valence-electron chi connectivity index (χ2n) is 3.81. The SMILES string of the molecule is CCC(C#N)C(=O)Nc1nc(C(C)C)cs1. The third-order valence-electron chi connectivity index (χ3n) is 2.22. The van der Waals surface area contributed by atoms with E-state index in [-0.39, 0.29) is 5.91 Å². The van der Waals surface area contributed by atoms with Gasteiger partial charge in [-0.3, -0.25) is 4.79 Å². The summed E-state index contributed by atoms with van der Waals surface area (Å²) in [6, 6.07) is 1.97. The number of anilines is 1. The Kier molecular flexibility index (Phi) is 4.44. The number of nitrogens with one attached hydrogen (secondary N) is 1. The summed E-state index contributed by atoms with van der Waals surface area (Å²) in [6.45, 7) is 5.91. The van der Waals surface area contributed by atoms with E-state index in [2.05, 4.69) is 10.3 Å². The van der Waals surface area contributed by atoms with E-state index in [1.165, 1.54) is 11.3 Å². The lowest BCUT2D eigenvalue weighted by Crippen LogP contribution is -2.20. The van der Waals surface area contributed by atoms with Gasteiger partial charge in [-0.15, -0.1) is 11.3 Å². The maximum atomic E-state index is 11.6. The summed E-state index contributed by atoms with van der Waals surface area (Å²) in [6.07, 6.45) is 0.519. The maximum Gasteiger partial charge on any atom is 0.243 e. The molecule has 4 nitrogen and oxygen atoms in total. The zero-order valence-electron chi connectivity index (χ0n) is 9.65. The summed E-state index contributed by atoms with van der Waals surface area (Å²) < 4.78 is 0. The van der Waals surface area contributed by atoms with Gasteiger partial charge in [0.15, 0.2) is 5.13 Å². The second-order valence-corrected chi connectivity index (χ2v) is 4.67. The molecule has 0 saturated carbocycles. The van der Waals surface area contributed by atoms with Crippen molar-refractivity contribution in [2.24, 2.45) is 5.92 Å². The van der Waals surface area contributed by atoms with Crippen molar-refractivity contribution in [3.63, 3.8) is 0 Å². The molecule has 0 aliphatic heterocycles. The lowest BCUT2D eigenvalue weighted by Gasteiger charge is -2.04. The highest BCUT2D eigenvalue weighted by Crippen LogP contribution is 2.21. The van der Waals surface area contributed by atoms with Gasteiger partial charge in [-0.1, -0.05) is 20.8 Å². The second kappa shape index (κ2) is 5.61. The molecule has 0 fully saturated rings. The molecule has 86 valence electrons. The van der Waals surface area contributed by atoms with Crippen LogP contribution in [0.3, 0.4) is 0 Å². The van der Waals surface area contributed by atoms with Crippen molar-refractivity contribution in [2.45, 2.75) is 33.1 Å². The minimum Gasteiger partial charge on any atom is -0.301 e. The average Bonchev–Trinajstić information content (AvgIpc) is 2.68. The first-order valence-electron chi connectivity index (χ1n) is 5.24. The van der Waals surface area contributed by atoms with Crippen LogP contribution < -0.4 is 5.32 Å². The topological polar surface area (TPSA) is 65.8 Å². The Balaban J connectivity index is 2.67. The van der Waals surface area contributed by atoms with E-state index in [1.807, 2.05) is 32.2 Å². The van der Waals surface area contributed by atoms with E-state index in [0.717, 1.165) is 5.69 Å². The first-order valence-corrected chi connectivity index (χ1v) is 6.12. The number of amides is 1. The van der Waals surface area contributed by atoms with E-state index in [0.29, 0.717) is 17.5 Å². The normalized spacial score (nSPS) is 12.2. The van der Waals surface area contributed by atoms with Crippen LogP contribution in [0.15, 0.2) is 5.38 Å². The van der Waals surface area contributed by atoms with Gasteiger partial charge in [-0.2, -0.15) is 5.26 Å². The van der Waals surface area contributed by atoms with Crippen LogP contribution >= 0.6 is 11.3 Å². The smallest absolute Gasteiger partial charge is 0.243 e. The third kappa shape index (κ3) is 3.04. The lowest BCUT2D eigenvalue weighted by molar-refractivity contribution is -0.118. The van der Waals surface area contributed by atoms with Crippen molar-refractivity contribution in [3.05, 3.63) is 11.1 Å². The number of thiazole rings is 1. The largest absolute Gasteiger partial charge is 0.301 e. The van der Waals surface area contributed by atoms with Crippen molar-refractivity contribution in [2.75, 3.05) is 5.32 Å². The molecule has 1 atom stereocenters. The number of rotatable bonds is 4. The van der Waals surface area contributed by atoms with Crippen LogP contribution in [0.25, 0.3) is 0 Å². The molecule has 0 bridgehead atoms. The van der Waals surface area contributed by atoms with Gasteiger partial charge in [0.25, 0.3) is 0 Å². The molecule has 1 N–H and O–H groups in total. The fraction of sp³-hybridized carbons (Fsp3) is 0.545. The highest BCUT2D eigenvalue weighted by molar-refractivity contribution is 7.13. The van der Waals surface area contributed by atoms with Crippen LogP contribution in [0, 0.1) is 17.2 Å². The van der Waals surface area contributed by atoms with Gasteiger partial charge < -0.3 is 5.32 Å². The maximum absolute atomic E-state index is 11.6. The van der Waals surface area contributed by atoms with Crippen molar-refractivity contribution in [1.82, 2.24) is 4.98 Å². The van der Waals surface area contributed by atoms with Crippen LogP contribution in [0.4, 0.5) is 5.13 Å². The van der Waals surface area contributed by atoms with E-state index >= 15 is 0 Å². The van der Waals surface area contributed by atoms with Gasteiger partial charge in [-0.05, 0) is 12.3 Å². The molecule has 0 spiro atoms. The predicted octanol–water partition coefficient (Wildman–Crippen LogP) is 2.75. The van der Waals surface area contributed by atoms with Gasteiger partial charge in [-0.25, -0.2) is 4.98 Å². The van der Waals surface area contributed by atoms with Crippen LogP contribution in [0.1, 0.15) is 38.8 Å². The molecular weight excluding hydrogens is 222 g/mol. The Morgan fingerprint density at radius 1 is 1.69 bits per heavy atom. The quantitative estimate of drug-likeness (QED) is 0.875. The van der Waals surface area contributed by atoms with E-state index in [9.17, 15) is 4.79 Å². The third-order valence-corrected chi connectivity index (χ3v) is 3.00. The number of carbonyl (C=O) groups is 1. The number of carbonyl (C=O) groups excluding carboxylic acids is 1. The van der Waals surface area contributed by atoms with Gasteiger partial charge >= 0.3 is 0 Å². The summed E-state index contributed by atoms with van der Waals surface area (Å²) in [5.41, 5.74) is 0.963. The van der Waals surface area contributed by atoms with Crippen LogP contribution in [0.2, 0.25) is 0 Å². The van der Waals surface area contributed by atoms with Crippen molar-refractivity contribution in [1.29, 1.82) is 5.26 Å².